The van der Waals surface area contributed by atoms with Gasteiger partial charge < -0.3 is 91.6 Å². The number of esters is 2. The lowest BCUT2D eigenvalue weighted by Crippen LogP contribution is -2.46. The zero-order valence-corrected chi connectivity index (χ0v) is 79.8. The summed E-state index contributed by atoms with van der Waals surface area (Å²) < 4.78 is 55.5. The second-order valence-corrected chi connectivity index (χ2v) is 39.0. The Morgan fingerprint density at radius 2 is 1.24 bits per heavy atom. The number of carboxylic acid groups (broad SMARTS) is 1. The van der Waals surface area contributed by atoms with Crippen molar-refractivity contribution >= 4 is 94.6 Å². The Kier molecular flexibility index (Phi) is 46.5. The number of hydrogen-bond donors (Lipinski definition) is 11. The van der Waals surface area contributed by atoms with Crippen molar-refractivity contribution in [2.45, 2.75) is 228 Å². The van der Waals surface area contributed by atoms with Crippen LogP contribution >= 0.6 is 11.6 Å². The molecule has 734 valence electrons. The second kappa shape index (κ2) is 58.3. The molecule has 2 amide bonds. The molecular formula is C101H139ClN12O20Si. The maximum atomic E-state index is 13.7. The fraction of sp³-hybridized carbons (Fsp3) is 0.485. The number of unbranched alkanes of at least 4 members (excludes halogenated alkanes) is 3. The van der Waals surface area contributed by atoms with Crippen molar-refractivity contribution in [2.75, 3.05) is 95.2 Å². The number of aliphatic carboxylic acids is 1. The number of nitrogens with one attached hydrogen (secondary N) is 5. The number of aromatic nitrogens is 2. The number of amides is 2. The number of nitrogen functional groups attached to an aromatic ring is 1. The number of ether oxygens (including phenoxy) is 5. The first-order valence-corrected chi connectivity index (χ1v) is 48.8. The number of pyridine rings is 2. The number of cyclic esters (lactones) is 1. The van der Waals surface area contributed by atoms with Gasteiger partial charge >= 0.3 is 23.3 Å². The van der Waals surface area contributed by atoms with Gasteiger partial charge in [0.05, 0.1) is 73.8 Å². The van der Waals surface area contributed by atoms with Gasteiger partial charge in [-0.05, 0) is 226 Å². The van der Waals surface area contributed by atoms with Crippen LogP contribution in [0, 0.1) is 11.8 Å². The molecule has 32 nitrogen and oxygen atoms in total. The molecule has 4 heterocycles. The zero-order valence-electron chi connectivity index (χ0n) is 81.0. The number of carbonyl (C=O) groups is 8. The number of azide groups is 1. The standard InChI is InChI=1S/C29H33ClN2O7Si.C25H39N5O6.C24H29NO4.C15H25N3O2.C7H9NO.CH4/c1-8-17-18-12-16(38-39-40(6,7)28(3,4)5)10-11-22(18)31-24-19(17)14-32-23(24)13-21-20(25(32)33)15-36-26(34)29(21,9-2)37-27(30)35;1-2-27-12-4-3-6-21(25(34)29-22-10-8-20(17-31)9-11-22)16-24(33)19-36-18-23(32)7-5-14-35-15-13-28-30-26;1-2-25-14-8-7-9-17(24(27)28)15-23(26)29-16-22-20-12-5-3-10-18(20)19-11-4-6-13-21(19)22;1-2-17-10-4-3-5-14(16)15(20)18-13-8-6-12(11-19)7-9-13;8-7-3-1-6(5-9)2-4-7;/h10-13H,8-9,14-15H2,1-7H3;8-11,21,27,31H,2-7,12-19H2,1H3,(H,29,34);3-6,10-13,17,22,25H,2,7-9,14-16H2,1H3,(H,27,28);6-9,14,17,19H,2-5,10-11,16H2,1H3,(H,18,20);1-4,9H,5,8H2;1H4/i;3*1T;;. The summed E-state index contributed by atoms with van der Waals surface area (Å²) in [4.78, 5) is 125. The van der Waals surface area contributed by atoms with E-state index in [1.54, 1.807) is 90.4 Å². The summed E-state index contributed by atoms with van der Waals surface area (Å²) in [5, 5.41) is 55.4. The van der Waals surface area contributed by atoms with E-state index in [2.05, 4.69) is 102 Å². The van der Waals surface area contributed by atoms with Crippen LogP contribution in [0.15, 0.2) is 156 Å². The normalized spacial score (nSPS) is 14.1. The average molecular weight is 1910 g/mol. The number of carbonyl (C=O) groups excluding carboxylic acids is 7. The van der Waals surface area contributed by atoms with E-state index in [9.17, 15) is 53.4 Å². The number of nitrogens with zero attached hydrogens (tertiary/aromatic N) is 5. The molecule has 1 aliphatic carbocycles. The largest absolute Gasteiger partial charge is 0.481 e. The van der Waals surface area contributed by atoms with E-state index < -0.39 is 55.1 Å². The topological polar surface area (TPSA) is 478 Å². The predicted octanol–water partition coefficient (Wildman–Crippen LogP) is 16.3. The minimum atomic E-state index is -2.14. The van der Waals surface area contributed by atoms with E-state index in [0.29, 0.717) is 121 Å². The number of ketones is 2. The monoisotopic (exact) mass is 1910 g/mol. The molecule has 6 aromatic carbocycles. The van der Waals surface area contributed by atoms with Crippen molar-refractivity contribution in [3.8, 4) is 28.3 Å². The van der Waals surface area contributed by atoms with Crippen LogP contribution in [0.2, 0.25) is 18.1 Å². The molecule has 135 heavy (non-hydrogen) atoms. The van der Waals surface area contributed by atoms with Gasteiger partial charge in [0.25, 0.3) is 13.9 Å². The number of halogens is 1. The SMILES string of the molecule is C.CCc1c2c(nc3ccc(OO[Si](C)(C)C(C)(C)C)cc13)-c1cc3c(c(=O)n1C2)COC(=O)C3(CC)OC(=O)Cl.Nc1ccc(CO)cc1.[3H]CCNCCCCC(CC(=O)COCC(=O)CCCOCCN=[N+]=[N-])C(=O)Nc1ccc(CO)cc1.[3H]CCNCCCCC(CC(=O)OCC1c2ccccc2-c2ccccc21)C(=O)O.[3H]CCNCCCCC(N)C(=O)Nc1ccc(CO)cc1. The molecule has 4 atom stereocenters. The lowest BCUT2D eigenvalue weighted by molar-refractivity contribution is -0.171. The molecule has 2 aliphatic heterocycles. The average Bonchev–Trinajstić information content (AvgIpc) is 1.56. The molecule has 0 bridgehead atoms. The van der Waals surface area contributed by atoms with Gasteiger partial charge in [0.1, 0.15) is 26.4 Å². The molecule has 8 aromatic rings. The number of aryl methyl sites for hydroxylation is 1. The highest BCUT2D eigenvalue weighted by Crippen LogP contribution is 2.46. The number of aliphatic hydroxyl groups is 3. The summed E-state index contributed by atoms with van der Waals surface area (Å²) >= 11 is 5.55. The van der Waals surface area contributed by atoms with E-state index in [1.807, 2.05) is 42.5 Å². The Morgan fingerprint density at radius 3 is 1.78 bits per heavy atom. The van der Waals surface area contributed by atoms with Crippen LogP contribution in [-0.2, 0) is 107 Å². The van der Waals surface area contributed by atoms with E-state index in [-0.39, 0.29) is 137 Å². The molecule has 34 heteroatoms. The lowest BCUT2D eigenvalue weighted by Gasteiger charge is -2.34. The summed E-state index contributed by atoms with van der Waals surface area (Å²) in [7, 11) is -2.14. The second-order valence-electron chi connectivity index (χ2n) is 34.0. The van der Waals surface area contributed by atoms with Crippen LogP contribution in [0.5, 0.6) is 5.75 Å². The number of benzene rings is 6. The minimum absolute atomic E-state index is 0. The Hall–Kier alpha value is -11.1. The van der Waals surface area contributed by atoms with Crippen molar-refractivity contribution in [1.82, 2.24) is 25.5 Å². The Labute approximate surface area is 802 Å². The van der Waals surface area contributed by atoms with Gasteiger partial charge in [0, 0.05) is 92.0 Å². The maximum Gasteiger partial charge on any atom is 0.405 e. The summed E-state index contributed by atoms with van der Waals surface area (Å²) in [5.41, 5.74) is 29.6. The third kappa shape index (κ3) is 34.9. The molecule has 0 spiro atoms. The van der Waals surface area contributed by atoms with Crippen LogP contribution < -0.4 is 48.5 Å². The van der Waals surface area contributed by atoms with Gasteiger partial charge in [-0.25, -0.2) is 19.1 Å². The first-order chi connectivity index (χ1) is 65.8. The van der Waals surface area contributed by atoms with Crippen LogP contribution in [0.1, 0.15) is 213 Å². The number of Topliss-reactive ketones (excluding diaryl/α,β-unsaturated/α-hetero) is 2. The third-order valence-electron chi connectivity index (χ3n) is 23.4. The number of aliphatic hydroxyl groups excluding tert-OH is 3. The van der Waals surface area contributed by atoms with Gasteiger partial charge in [-0.1, -0.05) is 172 Å². The van der Waals surface area contributed by atoms with E-state index in [1.165, 1.54) is 0 Å². The van der Waals surface area contributed by atoms with Crippen molar-refractivity contribution in [3.63, 3.8) is 0 Å². The highest BCUT2D eigenvalue weighted by atomic mass is 35.5. The first kappa shape index (κ1) is 108. The Balaban J connectivity index is 0.000000278. The number of fused-ring (bicyclic) bond motifs is 8. The zero-order chi connectivity index (χ0) is 99.9. The van der Waals surface area contributed by atoms with Crippen molar-refractivity contribution < 1.29 is 96.0 Å². The highest BCUT2D eigenvalue weighted by Gasteiger charge is 2.51. The Bertz CT molecular complexity index is 5280. The fourth-order valence-electron chi connectivity index (χ4n) is 14.9. The van der Waals surface area contributed by atoms with Gasteiger partial charge in [-0.15, -0.1) is 0 Å². The number of carboxylic acids is 1. The molecule has 3 aliphatic rings. The first-order valence-electron chi connectivity index (χ1n) is 47.6. The molecule has 13 N–H and O–H groups in total. The van der Waals surface area contributed by atoms with Crippen molar-refractivity contribution in [2.24, 2.45) is 22.7 Å². The molecule has 2 aromatic heterocycles. The van der Waals surface area contributed by atoms with E-state index in [4.69, 9.17) is 81.1 Å². The van der Waals surface area contributed by atoms with Crippen molar-refractivity contribution in [3.05, 3.63) is 216 Å². The molecule has 11 rings (SSSR count). The minimum Gasteiger partial charge on any atom is -0.481 e. The van der Waals surface area contributed by atoms with Crippen LogP contribution in [0.3, 0.4) is 0 Å². The van der Waals surface area contributed by atoms with Crippen LogP contribution in [-0.4, -0.2) is 170 Å². The third-order valence-corrected chi connectivity index (χ3v) is 27.6. The van der Waals surface area contributed by atoms with E-state index >= 15 is 0 Å². The molecule has 4 unspecified atom stereocenters. The van der Waals surface area contributed by atoms with Gasteiger partial charge in [-0.3, -0.25) is 33.6 Å². The van der Waals surface area contributed by atoms with Crippen LogP contribution in [0.25, 0.3) is 43.9 Å². The van der Waals surface area contributed by atoms with Gasteiger partial charge in [0.15, 0.2) is 17.3 Å². The summed E-state index contributed by atoms with van der Waals surface area (Å²) in [6, 6.07) is 44.1. The summed E-state index contributed by atoms with van der Waals surface area (Å²) in [5.74, 6) is -3.72. The number of nitrogens with two attached hydrogens (primary N) is 2. The lowest BCUT2D eigenvalue weighted by atomic mass is 9.85. The Morgan fingerprint density at radius 1 is 0.696 bits per heavy atom. The fourth-order valence-corrected chi connectivity index (χ4v) is 15.6. The molecular weight excluding hydrogens is 1760 g/mol. The highest BCUT2D eigenvalue weighted by molar-refractivity contribution is 6.73. The van der Waals surface area contributed by atoms with Gasteiger partial charge in [0.2, 0.25) is 17.4 Å². The molecule has 0 fully saturated rings. The molecule has 0 saturated heterocycles. The number of anilines is 3. The molecule has 0 radical (unpaired) electrons. The summed E-state index contributed by atoms with van der Waals surface area (Å²) in [6.45, 7) is 20.6. The van der Waals surface area contributed by atoms with Gasteiger partial charge in [-0.2, -0.15) is 0 Å². The van der Waals surface area contributed by atoms with Crippen molar-refractivity contribution in [1.29, 1.82) is 0 Å². The summed E-state index contributed by atoms with van der Waals surface area (Å²) in [6.07, 6.45) is 7.96. The quantitative estimate of drug-likeness (QED) is 0.00144. The van der Waals surface area contributed by atoms with E-state index in [0.717, 1.165) is 125 Å². The number of rotatable bonds is 49. The predicted molar refractivity (Wildman–Crippen MR) is 527 cm³/mol. The molecule has 0 saturated carbocycles. The van der Waals surface area contributed by atoms with Crippen LogP contribution in [0.4, 0.5) is 21.9 Å². The smallest absolute Gasteiger partial charge is 0.405 e. The maximum absolute atomic E-state index is 13.7. The number of hydrogen-bond acceptors (Lipinski definition) is 26.